The molecule has 0 aromatic carbocycles. The van der Waals surface area contributed by atoms with Gasteiger partial charge in [0.15, 0.2) is 11.4 Å². The molecule has 0 saturated heterocycles. The van der Waals surface area contributed by atoms with E-state index in [0.29, 0.717) is 11.3 Å². The van der Waals surface area contributed by atoms with Crippen molar-refractivity contribution in [3.05, 3.63) is 61.4 Å². The van der Waals surface area contributed by atoms with Gasteiger partial charge in [-0.05, 0) is 19.9 Å². The molecule has 2 N–H and O–H groups in total. The van der Waals surface area contributed by atoms with E-state index in [1.807, 2.05) is 0 Å². The lowest BCUT2D eigenvalue weighted by Gasteiger charge is -2.11. The van der Waals surface area contributed by atoms with Gasteiger partial charge in [-0.25, -0.2) is 9.50 Å². The van der Waals surface area contributed by atoms with Crippen molar-refractivity contribution < 1.29 is 14.1 Å². The molecule has 0 aliphatic carbocycles. The van der Waals surface area contributed by atoms with Crippen LogP contribution in [0.25, 0.3) is 5.65 Å². The summed E-state index contributed by atoms with van der Waals surface area (Å²) in [5.74, 6) is -1.23. The van der Waals surface area contributed by atoms with Gasteiger partial charge in [-0.15, -0.1) is 0 Å². The van der Waals surface area contributed by atoms with Crippen molar-refractivity contribution in [2.45, 2.75) is 20.4 Å². The summed E-state index contributed by atoms with van der Waals surface area (Å²) in [6.07, 6.45) is 0. The number of hydrogen-bond donors (Lipinski definition) is 2. The smallest absolute Gasteiger partial charge is 0.395 e. The normalized spacial score (nSPS) is 10.9. The monoisotopic (exact) mass is 331 g/mol. The SMILES string of the molecule is Cc1nc2cc(=O)[nH]n2c(C)c1CNC(=O)c1ccc([N+](=O)[O-])o1. The zero-order valence-corrected chi connectivity index (χ0v) is 12.8. The third-order valence-corrected chi connectivity index (χ3v) is 3.62. The highest BCUT2D eigenvalue weighted by Crippen LogP contribution is 2.16. The molecule has 0 atom stereocenters. The van der Waals surface area contributed by atoms with E-state index in [1.54, 1.807) is 13.8 Å². The molecule has 0 aliphatic heterocycles. The Labute approximate surface area is 134 Å². The van der Waals surface area contributed by atoms with Gasteiger partial charge >= 0.3 is 5.88 Å². The third kappa shape index (κ3) is 2.64. The van der Waals surface area contributed by atoms with E-state index in [1.165, 1.54) is 16.6 Å². The summed E-state index contributed by atoms with van der Waals surface area (Å²) in [6, 6.07) is 3.73. The fourth-order valence-corrected chi connectivity index (χ4v) is 2.42. The van der Waals surface area contributed by atoms with E-state index < -0.39 is 16.7 Å². The van der Waals surface area contributed by atoms with Crippen LogP contribution in [0.1, 0.15) is 27.5 Å². The predicted octanol–water partition coefficient (Wildman–Crippen LogP) is 1.07. The molecule has 124 valence electrons. The Balaban J connectivity index is 1.83. The molecule has 3 rings (SSSR count). The highest BCUT2D eigenvalue weighted by Gasteiger charge is 2.18. The molecule has 0 unspecified atom stereocenters. The fraction of sp³-hybridized carbons (Fsp3) is 0.214. The Morgan fingerprint density at radius 1 is 1.46 bits per heavy atom. The van der Waals surface area contributed by atoms with Crippen LogP contribution < -0.4 is 10.9 Å². The van der Waals surface area contributed by atoms with Crippen LogP contribution in [-0.2, 0) is 6.54 Å². The molecule has 10 nitrogen and oxygen atoms in total. The van der Waals surface area contributed by atoms with Gasteiger partial charge in [0, 0.05) is 29.6 Å². The summed E-state index contributed by atoms with van der Waals surface area (Å²) in [6.45, 7) is 3.69. The number of nitro groups is 1. The first kappa shape index (κ1) is 15.5. The van der Waals surface area contributed by atoms with Gasteiger partial charge in [0.05, 0.1) is 6.07 Å². The zero-order valence-electron chi connectivity index (χ0n) is 12.8. The van der Waals surface area contributed by atoms with Crippen molar-refractivity contribution in [3.63, 3.8) is 0 Å². The van der Waals surface area contributed by atoms with Gasteiger partial charge < -0.3 is 9.73 Å². The summed E-state index contributed by atoms with van der Waals surface area (Å²) in [4.78, 5) is 37.6. The van der Waals surface area contributed by atoms with E-state index in [9.17, 15) is 19.7 Å². The molecule has 0 radical (unpaired) electrons. The Bertz CT molecular complexity index is 1010. The second-order valence-corrected chi connectivity index (χ2v) is 5.15. The lowest BCUT2D eigenvalue weighted by Crippen LogP contribution is -2.24. The minimum absolute atomic E-state index is 0.133. The number of carbonyl (C=O) groups is 1. The first-order valence-electron chi connectivity index (χ1n) is 6.97. The van der Waals surface area contributed by atoms with Crippen molar-refractivity contribution in [1.29, 1.82) is 0 Å². The van der Waals surface area contributed by atoms with Crippen LogP contribution in [0, 0.1) is 24.0 Å². The Kier molecular flexibility index (Phi) is 3.64. The molecule has 0 fully saturated rings. The van der Waals surface area contributed by atoms with Crippen LogP contribution in [0.2, 0.25) is 0 Å². The fourth-order valence-electron chi connectivity index (χ4n) is 2.42. The van der Waals surface area contributed by atoms with Crippen molar-refractivity contribution in [1.82, 2.24) is 19.9 Å². The first-order valence-corrected chi connectivity index (χ1v) is 6.97. The maximum Gasteiger partial charge on any atom is 0.433 e. The van der Waals surface area contributed by atoms with Crippen molar-refractivity contribution in [3.8, 4) is 0 Å². The molecule has 0 aliphatic rings. The summed E-state index contributed by atoms with van der Waals surface area (Å²) >= 11 is 0. The van der Waals surface area contributed by atoms with Crippen LogP contribution in [0.4, 0.5) is 5.88 Å². The summed E-state index contributed by atoms with van der Waals surface area (Å²) in [5.41, 5.74) is 2.34. The van der Waals surface area contributed by atoms with Gasteiger partial charge in [-0.3, -0.25) is 24.8 Å². The van der Waals surface area contributed by atoms with E-state index in [4.69, 9.17) is 4.42 Å². The number of amides is 1. The van der Waals surface area contributed by atoms with Gasteiger partial charge in [0.1, 0.15) is 4.92 Å². The maximum atomic E-state index is 12.0. The highest BCUT2D eigenvalue weighted by molar-refractivity contribution is 5.91. The molecule has 3 heterocycles. The molecule has 0 bridgehead atoms. The quantitative estimate of drug-likeness (QED) is 0.542. The third-order valence-electron chi connectivity index (χ3n) is 3.62. The zero-order chi connectivity index (χ0) is 17.4. The number of aryl methyl sites for hydroxylation is 2. The van der Waals surface area contributed by atoms with E-state index in [2.05, 4.69) is 15.4 Å². The molecular weight excluding hydrogens is 318 g/mol. The first-order chi connectivity index (χ1) is 11.4. The predicted molar refractivity (Wildman–Crippen MR) is 81.8 cm³/mol. The maximum absolute atomic E-state index is 12.0. The van der Waals surface area contributed by atoms with Gasteiger partial charge in [0.25, 0.3) is 11.5 Å². The standard InChI is InChI=1S/C14H13N5O5/c1-7-9(8(2)18-11(16-7)5-12(20)17-18)6-15-14(21)10-3-4-13(24-10)19(22)23/h3-5H,6H2,1-2H3,(H,15,21)(H,17,20). The lowest BCUT2D eigenvalue weighted by atomic mass is 10.1. The number of carbonyl (C=O) groups excluding carboxylic acids is 1. The largest absolute Gasteiger partial charge is 0.433 e. The van der Waals surface area contributed by atoms with Crippen LogP contribution in [0.3, 0.4) is 0 Å². The number of aromatic nitrogens is 3. The van der Waals surface area contributed by atoms with Gasteiger partial charge in [-0.1, -0.05) is 0 Å². The van der Waals surface area contributed by atoms with E-state index in [-0.39, 0.29) is 17.9 Å². The van der Waals surface area contributed by atoms with Crippen LogP contribution in [0.5, 0.6) is 0 Å². The minimum atomic E-state index is -0.717. The second-order valence-electron chi connectivity index (χ2n) is 5.15. The van der Waals surface area contributed by atoms with Crippen LogP contribution in [-0.4, -0.2) is 25.4 Å². The van der Waals surface area contributed by atoms with Crippen LogP contribution >= 0.6 is 0 Å². The summed E-state index contributed by atoms with van der Waals surface area (Å²) in [5, 5.41) is 15.8. The topological polar surface area (TPSA) is 136 Å². The Morgan fingerprint density at radius 3 is 2.88 bits per heavy atom. The van der Waals surface area contributed by atoms with Crippen LogP contribution in [0.15, 0.2) is 27.4 Å². The molecular formula is C14H13N5O5. The Morgan fingerprint density at radius 2 is 2.21 bits per heavy atom. The second kappa shape index (κ2) is 5.65. The van der Waals surface area contributed by atoms with E-state index >= 15 is 0 Å². The Hall–Kier alpha value is -3.43. The number of aromatic amines is 1. The number of H-pyrrole nitrogens is 1. The summed E-state index contributed by atoms with van der Waals surface area (Å²) < 4.78 is 6.39. The molecule has 1 amide bonds. The van der Waals surface area contributed by atoms with Crippen molar-refractivity contribution in [2.75, 3.05) is 0 Å². The summed E-state index contributed by atoms with van der Waals surface area (Å²) in [7, 11) is 0. The number of rotatable bonds is 4. The number of furan rings is 1. The van der Waals surface area contributed by atoms with E-state index in [0.717, 1.165) is 17.3 Å². The number of nitrogens with zero attached hydrogens (tertiary/aromatic N) is 3. The van der Waals surface area contributed by atoms with Crippen molar-refractivity contribution >= 4 is 17.4 Å². The average molecular weight is 331 g/mol. The average Bonchev–Trinajstić information content (AvgIpc) is 3.13. The molecule has 0 saturated carbocycles. The lowest BCUT2D eigenvalue weighted by molar-refractivity contribution is -0.402. The highest BCUT2D eigenvalue weighted by atomic mass is 16.6. The number of nitrogens with one attached hydrogen (secondary N) is 2. The molecule has 3 aromatic heterocycles. The van der Waals surface area contributed by atoms with Crippen molar-refractivity contribution in [2.24, 2.45) is 0 Å². The molecule has 10 heteroatoms. The van der Waals surface area contributed by atoms with Gasteiger partial charge in [-0.2, -0.15) is 0 Å². The minimum Gasteiger partial charge on any atom is -0.395 e. The number of fused-ring (bicyclic) bond motifs is 1. The molecule has 0 spiro atoms. The molecule has 24 heavy (non-hydrogen) atoms. The van der Waals surface area contributed by atoms with Gasteiger partial charge in [0.2, 0.25) is 0 Å². The molecule has 3 aromatic rings. The number of hydrogen-bond acceptors (Lipinski definition) is 6.